The summed E-state index contributed by atoms with van der Waals surface area (Å²) in [6.45, 7) is 2.73. The molecule has 3 heterocycles. The minimum absolute atomic E-state index is 0.0395. The van der Waals surface area contributed by atoms with Gasteiger partial charge in [0.25, 0.3) is 5.91 Å². The van der Waals surface area contributed by atoms with Gasteiger partial charge in [-0.1, -0.05) is 0 Å². The number of anilines is 1. The number of ether oxygens (including phenoxy) is 1. The van der Waals surface area contributed by atoms with Crippen molar-refractivity contribution in [2.24, 2.45) is 4.99 Å². The van der Waals surface area contributed by atoms with Crippen LogP contribution in [0, 0.1) is 0 Å². The molecule has 0 radical (unpaired) electrons. The molecule has 9 nitrogen and oxygen atoms in total. The van der Waals surface area contributed by atoms with Gasteiger partial charge in [-0.05, 0) is 24.3 Å². The van der Waals surface area contributed by atoms with Crippen LogP contribution in [-0.4, -0.2) is 107 Å². The molecule has 0 aromatic heterocycles. The minimum atomic E-state index is -4.52. The van der Waals surface area contributed by atoms with Crippen molar-refractivity contribution in [1.29, 1.82) is 0 Å². The summed E-state index contributed by atoms with van der Waals surface area (Å²) in [4.78, 5) is 21.0. The molecule has 0 bridgehead atoms. The van der Waals surface area contributed by atoms with E-state index in [-0.39, 0.29) is 49.2 Å². The molecular formula is C21H26F3N5O4S. The van der Waals surface area contributed by atoms with Crippen molar-refractivity contribution in [3.8, 4) is 0 Å². The molecule has 186 valence electrons. The van der Waals surface area contributed by atoms with Crippen LogP contribution in [0.5, 0.6) is 0 Å². The van der Waals surface area contributed by atoms with Crippen molar-refractivity contribution in [3.05, 3.63) is 35.5 Å². The number of nitrogens with zero attached hydrogens (tertiary/aromatic N) is 5. The first-order valence-electron chi connectivity index (χ1n) is 10.8. The van der Waals surface area contributed by atoms with Crippen LogP contribution in [0.15, 0.2) is 39.9 Å². The fourth-order valence-corrected chi connectivity index (χ4v) is 4.85. The summed E-state index contributed by atoms with van der Waals surface area (Å²) >= 11 is 0. The molecule has 1 amide bonds. The summed E-state index contributed by atoms with van der Waals surface area (Å²) in [5, 5.41) is 2.63. The molecule has 1 aromatic rings. The number of sulfone groups is 1. The Morgan fingerprint density at radius 1 is 1.06 bits per heavy atom. The molecule has 0 atom stereocenters. The van der Waals surface area contributed by atoms with E-state index in [1.54, 1.807) is 11.0 Å². The first-order chi connectivity index (χ1) is 16.1. The lowest BCUT2D eigenvalue weighted by molar-refractivity contribution is -0.145. The van der Waals surface area contributed by atoms with Crippen molar-refractivity contribution in [2.75, 3.05) is 70.3 Å². The highest BCUT2D eigenvalue weighted by Crippen LogP contribution is 2.31. The summed E-state index contributed by atoms with van der Waals surface area (Å²) < 4.78 is 69.8. The topological polar surface area (TPSA) is 85.8 Å². The predicted octanol–water partition coefficient (Wildman–Crippen LogP) is 1.39. The fraction of sp³-hybridized carbons (Fsp3) is 0.524. The number of allylic oxidation sites excluding steroid dienone is 2. The molecular weight excluding hydrogens is 475 g/mol. The van der Waals surface area contributed by atoms with E-state index >= 15 is 0 Å². The van der Waals surface area contributed by atoms with Crippen LogP contribution in [0.1, 0.15) is 10.4 Å². The zero-order valence-electron chi connectivity index (χ0n) is 18.7. The normalized spacial score (nSPS) is 20.5. The van der Waals surface area contributed by atoms with Gasteiger partial charge in [0.05, 0.1) is 23.7 Å². The highest BCUT2D eigenvalue weighted by molar-refractivity contribution is 7.90. The van der Waals surface area contributed by atoms with Crippen molar-refractivity contribution in [1.82, 2.24) is 14.9 Å². The van der Waals surface area contributed by atoms with Gasteiger partial charge in [0.2, 0.25) is 0 Å². The highest BCUT2D eigenvalue weighted by Gasteiger charge is 2.41. The SMILES string of the molecule is CS(=O)(=O)c1ccc(N2CCOCC2)c(C(=O)N2CCN(N3CN=CC=C3C(F)(F)F)CC2)c1. The van der Waals surface area contributed by atoms with Gasteiger partial charge in [-0.15, -0.1) is 0 Å². The Hall–Kier alpha value is -2.64. The number of carbonyl (C=O) groups is 1. The number of amides is 1. The molecule has 13 heteroatoms. The van der Waals surface area contributed by atoms with Gasteiger partial charge in [-0.3, -0.25) is 14.8 Å². The zero-order valence-corrected chi connectivity index (χ0v) is 19.5. The largest absolute Gasteiger partial charge is 0.432 e. The van der Waals surface area contributed by atoms with Crippen LogP contribution in [0.2, 0.25) is 0 Å². The highest BCUT2D eigenvalue weighted by atomic mass is 32.2. The van der Waals surface area contributed by atoms with E-state index in [0.29, 0.717) is 32.0 Å². The number of hydrazine groups is 1. The van der Waals surface area contributed by atoms with Crippen molar-refractivity contribution >= 4 is 27.6 Å². The quantitative estimate of drug-likeness (QED) is 0.617. The van der Waals surface area contributed by atoms with Crippen LogP contribution in [0.3, 0.4) is 0 Å². The zero-order chi connectivity index (χ0) is 24.5. The molecule has 4 rings (SSSR count). The molecule has 2 fully saturated rings. The number of carbonyl (C=O) groups excluding carboxylic acids is 1. The van der Waals surface area contributed by atoms with Crippen LogP contribution < -0.4 is 4.90 Å². The van der Waals surface area contributed by atoms with E-state index in [2.05, 4.69) is 4.99 Å². The Labute approximate surface area is 196 Å². The second kappa shape index (κ2) is 9.55. The van der Waals surface area contributed by atoms with Crippen LogP contribution >= 0.6 is 0 Å². The number of piperazine rings is 1. The molecule has 3 aliphatic heterocycles. The van der Waals surface area contributed by atoms with Crippen LogP contribution in [-0.2, 0) is 14.6 Å². The van der Waals surface area contributed by atoms with Crippen LogP contribution in [0.4, 0.5) is 18.9 Å². The summed E-state index contributed by atoms with van der Waals surface area (Å²) in [5.41, 5.74) is 0.0882. The second-order valence-electron chi connectivity index (χ2n) is 8.22. The Bertz CT molecular complexity index is 1090. The molecule has 0 aliphatic carbocycles. The van der Waals surface area contributed by atoms with Gasteiger partial charge in [0, 0.05) is 57.4 Å². The number of alkyl halides is 3. The fourth-order valence-electron chi connectivity index (χ4n) is 4.20. The lowest BCUT2D eigenvalue weighted by atomic mass is 10.1. The Morgan fingerprint density at radius 3 is 2.35 bits per heavy atom. The molecule has 2 saturated heterocycles. The van der Waals surface area contributed by atoms with E-state index in [1.165, 1.54) is 17.1 Å². The van der Waals surface area contributed by atoms with Gasteiger partial charge in [-0.25, -0.2) is 13.4 Å². The third kappa shape index (κ3) is 5.20. The van der Waals surface area contributed by atoms with Gasteiger partial charge in [0.1, 0.15) is 12.4 Å². The molecule has 34 heavy (non-hydrogen) atoms. The van der Waals surface area contributed by atoms with Gasteiger partial charge >= 0.3 is 6.18 Å². The first-order valence-corrected chi connectivity index (χ1v) is 12.7. The second-order valence-corrected chi connectivity index (χ2v) is 10.2. The predicted molar refractivity (Wildman–Crippen MR) is 119 cm³/mol. The first kappa shape index (κ1) is 24.5. The summed E-state index contributed by atoms with van der Waals surface area (Å²) in [6, 6.07) is 4.51. The van der Waals surface area contributed by atoms with Gasteiger partial charge in [0.15, 0.2) is 9.84 Å². The van der Waals surface area contributed by atoms with E-state index in [4.69, 9.17) is 4.74 Å². The maximum atomic E-state index is 13.5. The summed E-state index contributed by atoms with van der Waals surface area (Å²) in [7, 11) is -3.54. The molecule has 0 saturated carbocycles. The Balaban J connectivity index is 1.53. The number of halogens is 3. The van der Waals surface area contributed by atoms with Crippen LogP contribution in [0.25, 0.3) is 0 Å². The molecule has 0 N–H and O–H groups in total. The lowest BCUT2D eigenvalue weighted by Gasteiger charge is -2.43. The molecule has 1 aromatic carbocycles. The number of hydrogen-bond acceptors (Lipinski definition) is 8. The average molecular weight is 502 g/mol. The van der Waals surface area contributed by atoms with Crippen molar-refractivity contribution in [2.45, 2.75) is 11.1 Å². The number of hydrogen-bond donors (Lipinski definition) is 0. The third-order valence-electron chi connectivity index (χ3n) is 5.98. The maximum absolute atomic E-state index is 13.5. The Kier molecular flexibility index (Phi) is 6.87. The molecule has 3 aliphatic rings. The smallest absolute Gasteiger partial charge is 0.378 e. The number of morpholine rings is 1. The molecule has 0 spiro atoms. The standard InChI is InChI=1S/C21H26F3N5O4S/c1-34(31,32)16-2-3-18(26-10-12-33-13-11-26)17(14-16)20(30)27-6-8-28(9-7-27)29-15-25-5-4-19(29)21(22,23)24/h2-5,14H,6-13,15H2,1H3. The van der Waals surface area contributed by atoms with Gasteiger partial charge in [-0.2, -0.15) is 13.2 Å². The maximum Gasteiger partial charge on any atom is 0.432 e. The van der Waals surface area contributed by atoms with Crippen molar-refractivity contribution in [3.63, 3.8) is 0 Å². The molecule has 0 unspecified atom stereocenters. The van der Waals surface area contributed by atoms with Crippen molar-refractivity contribution < 1.29 is 31.1 Å². The number of aliphatic imine (C=N–C) groups is 1. The average Bonchev–Trinajstić information content (AvgIpc) is 2.83. The van der Waals surface area contributed by atoms with E-state index in [1.807, 2.05) is 4.90 Å². The van der Waals surface area contributed by atoms with E-state index < -0.39 is 21.7 Å². The Morgan fingerprint density at radius 2 is 1.74 bits per heavy atom. The van der Waals surface area contributed by atoms with E-state index in [9.17, 15) is 26.4 Å². The summed E-state index contributed by atoms with van der Waals surface area (Å²) in [6.07, 6.45) is -1.36. The third-order valence-corrected chi connectivity index (χ3v) is 7.10. The minimum Gasteiger partial charge on any atom is -0.378 e. The lowest BCUT2D eigenvalue weighted by Crippen LogP contribution is -2.56. The monoisotopic (exact) mass is 501 g/mol. The van der Waals surface area contributed by atoms with Gasteiger partial charge < -0.3 is 14.5 Å². The van der Waals surface area contributed by atoms with E-state index in [0.717, 1.165) is 23.6 Å². The number of benzene rings is 1. The summed E-state index contributed by atoms with van der Waals surface area (Å²) in [5.74, 6) is -0.352. The number of rotatable bonds is 4.